The maximum absolute atomic E-state index is 13.1. The first-order valence-corrected chi connectivity index (χ1v) is 10.6. The number of hydrogen-bond acceptors (Lipinski definition) is 7. The highest BCUT2D eigenvalue weighted by Crippen LogP contribution is 2.32. The predicted octanol–water partition coefficient (Wildman–Crippen LogP) is 1.80. The number of carbonyl (C=O) groups excluding carboxylic acids is 5. The Labute approximate surface area is 186 Å². The lowest BCUT2D eigenvalue weighted by Crippen LogP contribution is -2.54. The third-order valence-corrected chi connectivity index (χ3v) is 5.12. The molecule has 2 unspecified atom stereocenters. The first kappa shape index (κ1) is 23.2. The molecule has 32 heavy (non-hydrogen) atoms. The number of ether oxygens (including phenoxy) is 1. The molecule has 2 atom stereocenters. The van der Waals surface area contributed by atoms with E-state index >= 15 is 0 Å². The van der Waals surface area contributed by atoms with Crippen LogP contribution in [0.2, 0.25) is 0 Å². The molecule has 10 heteroatoms. The van der Waals surface area contributed by atoms with E-state index in [0.29, 0.717) is 18.7 Å². The van der Waals surface area contributed by atoms with Crippen molar-refractivity contribution >= 4 is 35.4 Å². The van der Waals surface area contributed by atoms with E-state index in [-0.39, 0.29) is 30.0 Å². The number of imide groups is 2. The van der Waals surface area contributed by atoms with Gasteiger partial charge in [-0.2, -0.15) is 0 Å². The highest BCUT2D eigenvalue weighted by atomic mass is 16.6. The number of rotatable bonds is 6. The summed E-state index contributed by atoms with van der Waals surface area (Å²) in [5, 5.41) is 8.07. The molecule has 1 aromatic rings. The second-order valence-electron chi connectivity index (χ2n) is 8.94. The Morgan fingerprint density at radius 1 is 1.22 bits per heavy atom. The van der Waals surface area contributed by atoms with Crippen LogP contribution in [0.1, 0.15) is 67.7 Å². The van der Waals surface area contributed by atoms with Gasteiger partial charge in [-0.1, -0.05) is 6.07 Å². The van der Waals surface area contributed by atoms with Crippen LogP contribution in [-0.2, 0) is 14.3 Å². The van der Waals surface area contributed by atoms with E-state index in [1.165, 1.54) is 0 Å². The van der Waals surface area contributed by atoms with E-state index in [0.717, 1.165) is 4.90 Å². The average molecular weight is 444 g/mol. The molecule has 2 aliphatic heterocycles. The average Bonchev–Trinajstić information content (AvgIpc) is 2.92. The van der Waals surface area contributed by atoms with Gasteiger partial charge in [0.05, 0.1) is 11.1 Å². The molecule has 0 bridgehead atoms. The van der Waals surface area contributed by atoms with E-state index < -0.39 is 41.4 Å². The van der Waals surface area contributed by atoms with Gasteiger partial charge in [0.25, 0.3) is 11.8 Å². The maximum atomic E-state index is 13.1. The van der Waals surface area contributed by atoms with Gasteiger partial charge in [0.2, 0.25) is 11.8 Å². The molecule has 1 fully saturated rings. The Morgan fingerprint density at radius 2 is 1.94 bits per heavy atom. The SMILES string of the molecule is CC(CCNC(=O)OC(C)(C)C)Nc1cccc2c1C(=O)N(C1CCC(=O)NC1=O)C2=O. The molecule has 0 aliphatic carbocycles. The number of anilines is 1. The summed E-state index contributed by atoms with van der Waals surface area (Å²) in [6, 6.07) is 3.75. The fourth-order valence-corrected chi connectivity index (χ4v) is 3.68. The summed E-state index contributed by atoms with van der Waals surface area (Å²) in [7, 11) is 0. The second-order valence-corrected chi connectivity index (χ2v) is 8.94. The lowest BCUT2D eigenvalue weighted by Gasteiger charge is -2.28. The van der Waals surface area contributed by atoms with Crippen molar-refractivity contribution in [1.29, 1.82) is 0 Å². The number of benzene rings is 1. The minimum absolute atomic E-state index is 0.0661. The fraction of sp³-hybridized carbons (Fsp3) is 0.500. The first-order chi connectivity index (χ1) is 15.0. The fourth-order valence-electron chi connectivity index (χ4n) is 3.68. The minimum atomic E-state index is -1.01. The van der Waals surface area contributed by atoms with Crippen molar-refractivity contribution in [3.05, 3.63) is 29.3 Å². The Balaban J connectivity index is 1.66. The highest BCUT2D eigenvalue weighted by molar-refractivity contribution is 6.25. The molecule has 1 aromatic carbocycles. The third-order valence-electron chi connectivity index (χ3n) is 5.12. The molecule has 3 rings (SSSR count). The highest BCUT2D eigenvalue weighted by Gasteiger charge is 2.45. The summed E-state index contributed by atoms with van der Waals surface area (Å²) in [5.41, 5.74) is 0.304. The molecule has 0 spiro atoms. The van der Waals surface area contributed by atoms with Crippen molar-refractivity contribution in [3.8, 4) is 0 Å². The molecule has 10 nitrogen and oxygen atoms in total. The van der Waals surface area contributed by atoms with Crippen LogP contribution in [-0.4, -0.2) is 58.9 Å². The minimum Gasteiger partial charge on any atom is -0.444 e. The van der Waals surface area contributed by atoms with Crippen LogP contribution in [0.4, 0.5) is 10.5 Å². The normalized spacial score (nSPS) is 19.4. The molecule has 2 aliphatic rings. The van der Waals surface area contributed by atoms with Crippen molar-refractivity contribution < 1.29 is 28.7 Å². The van der Waals surface area contributed by atoms with Gasteiger partial charge in [-0.15, -0.1) is 0 Å². The molecule has 172 valence electrons. The molecule has 5 amide bonds. The summed E-state index contributed by atoms with van der Waals surface area (Å²) in [5.74, 6) is -2.19. The number of nitrogens with one attached hydrogen (secondary N) is 3. The van der Waals surface area contributed by atoms with Crippen LogP contribution < -0.4 is 16.0 Å². The largest absolute Gasteiger partial charge is 0.444 e. The lowest BCUT2D eigenvalue weighted by atomic mass is 10.0. The molecule has 0 saturated carbocycles. The number of amides is 5. The number of hydrogen-bond donors (Lipinski definition) is 3. The topological polar surface area (TPSA) is 134 Å². The van der Waals surface area contributed by atoms with Gasteiger partial charge in [0.15, 0.2) is 0 Å². The smallest absolute Gasteiger partial charge is 0.407 e. The van der Waals surface area contributed by atoms with Gasteiger partial charge in [-0.05, 0) is 52.7 Å². The summed E-state index contributed by atoms with van der Waals surface area (Å²) in [4.78, 5) is 62.3. The standard InChI is InChI=1S/C22H28N4O6/c1-12(10-11-23-21(31)32-22(2,3)4)24-14-7-5-6-13-17(14)20(30)26(19(13)29)15-8-9-16(27)25-18(15)28/h5-7,12,15,24H,8-11H2,1-4H3,(H,23,31)(H,25,27,28). The molecule has 2 heterocycles. The zero-order valence-electron chi connectivity index (χ0n) is 18.6. The number of carbonyl (C=O) groups is 5. The molecule has 0 aromatic heterocycles. The van der Waals surface area contributed by atoms with Crippen molar-refractivity contribution in [2.24, 2.45) is 0 Å². The monoisotopic (exact) mass is 444 g/mol. The third kappa shape index (κ3) is 5.06. The Kier molecular flexibility index (Phi) is 6.52. The quantitative estimate of drug-likeness (QED) is 0.570. The number of nitrogens with zero attached hydrogens (tertiary/aromatic N) is 1. The van der Waals surface area contributed by atoms with Crippen LogP contribution in [0, 0.1) is 0 Å². The van der Waals surface area contributed by atoms with Crippen molar-refractivity contribution in [2.75, 3.05) is 11.9 Å². The van der Waals surface area contributed by atoms with Crippen LogP contribution in [0.5, 0.6) is 0 Å². The van der Waals surface area contributed by atoms with E-state index in [9.17, 15) is 24.0 Å². The van der Waals surface area contributed by atoms with Gasteiger partial charge in [0, 0.05) is 24.7 Å². The van der Waals surface area contributed by atoms with Gasteiger partial charge >= 0.3 is 6.09 Å². The van der Waals surface area contributed by atoms with Gasteiger partial charge in [-0.25, -0.2) is 4.79 Å². The van der Waals surface area contributed by atoms with Crippen molar-refractivity contribution in [1.82, 2.24) is 15.5 Å². The molecular weight excluding hydrogens is 416 g/mol. The lowest BCUT2D eigenvalue weighted by molar-refractivity contribution is -0.136. The first-order valence-electron chi connectivity index (χ1n) is 10.6. The summed E-state index contributed by atoms with van der Waals surface area (Å²) in [6.07, 6.45) is 0.204. The van der Waals surface area contributed by atoms with E-state index in [1.807, 2.05) is 6.92 Å². The molecule has 1 saturated heterocycles. The summed E-state index contributed by atoms with van der Waals surface area (Å²) < 4.78 is 5.20. The zero-order chi connectivity index (χ0) is 23.6. The Hall–Kier alpha value is -3.43. The summed E-state index contributed by atoms with van der Waals surface area (Å²) in [6.45, 7) is 7.58. The number of piperidine rings is 1. The Morgan fingerprint density at radius 3 is 2.59 bits per heavy atom. The molecular formula is C22H28N4O6. The van der Waals surface area contributed by atoms with E-state index in [1.54, 1.807) is 39.0 Å². The van der Waals surface area contributed by atoms with Gasteiger partial charge < -0.3 is 15.4 Å². The Bertz CT molecular complexity index is 968. The summed E-state index contributed by atoms with van der Waals surface area (Å²) >= 11 is 0. The van der Waals surface area contributed by atoms with Gasteiger partial charge in [0.1, 0.15) is 11.6 Å². The maximum Gasteiger partial charge on any atom is 0.407 e. The van der Waals surface area contributed by atoms with Crippen molar-refractivity contribution in [2.45, 2.75) is 64.6 Å². The number of alkyl carbamates (subject to hydrolysis) is 1. The number of fused-ring (bicyclic) bond motifs is 1. The zero-order valence-corrected chi connectivity index (χ0v) is 18.6. The van der Waals surface area contributed by atoms with Crippen LogP contribution >= 0.6 is 0 Å². The van der Waals surface area contributed by atoms with E-state index in [2.05, 4.69) is 16.0 Å². The molecule has 0 radical (unpaired) electrons. The second kappa shape index (κ2) is 8.97. The van der Waals surface area contributed by atoms with E-state index in [4.69, 9.17) is 4.74 Å². The predicted molar refractivity (Wildman–Crippen MR) is 115 cm³/mol. The van der Waals surface area contributed by atoms with Crippen LogP contribution in [0.25, 0.3) is 0 Å². The van der Waals surface area contributed by atoms with Crippen LogP contribution in [0.3, 0.4) is 0 Å². The van der Waals surface area contributed by atoms with Crippen LogP contribution in [0.15, 0.2) is 18.2 Å². The molecule has 3 N–H and O–H groups in total. The van der Waals surface area contributed by atoms with Gasteiger partial charge in [-0.3, -0.25) is 29.4 Å². The van der Waals surface area contributed by atoms with Crippen molar-refractivity contribution in [3.63, 3.8) is 0 Å².